The number of carbonyl (C=O) groups excluding carboxylic acids is 2. The number of piperazine rings is 2. The number of aromatic nitrogens is 5. The number of amides is 2. The Morgan fingerprint density at radius 1 is 0.974 bits per heavy atom. The average Bonchev–Trinajstić information content (AvgIpc) is 4.30. The molecule has 396 valence electrons. The van der Waals surface area contributed by atoms with Gasteiger partial charge in [0.25, 0.3) is 0 Å². The minimum atomic E-state index is -0.572. The van der Waals surface area contributed by atoms with Crippen LogP contribution in [0.5, 0.6) is 11.8 Å². The molecular weight excluding hydrogens is 984 g/mol. The fourth-order valence-electron chi connectivity index (χ4n) is 12.2. The molecule has 2 bridgehead atoms. The summed E-state index contributed by atoms with van der Waals surface area (Å²) in [5.41, 5.74) is 6.78. The molecule has 5 aliphatic rings. The molecule has 0 aliphatic carbocycles. The number of phenols is 1. The molecule has 9 heterocycles. The Bertz CT molecular complexity index is 3280. The van der Waals surface area contributed by atoms with Gasteiger partial charge in [-0.1, -0.05) is 54.5 Å². The maximum Gasteiger partial charge on any atom is 0.319 e. The zero-order valence-electron chi connectivity index (χ0n) is 43.5. The minimum absolute atomic E-state index is 0.0402. The summed E-state index contributed by atoms with van der Waals surface area (Å²) in [7, 11) is 2.11. The summed E-state index contributed by atoms with van der Waals surface area (Å²) in [4.78, 5) is 58.1. The Balaban J connectivity index is 0.665. The molecule has 5 aliphatic heterocycles. The first-order valence-electron chi connectivity index (χ1n) is 26.9. The average molecular weight is 1050 g/mol. The van der Waals surface area contributed by atoms with Crippen molar-refractivity contribution in [3.8, 4) is 33.5 Å². The van der Waals surface area contributed by atoms with Gasteiger partial charge in [0.2, 0.25) is 11.8 Å². The third-order valence-electron chi connectivity index (χ3n) is 16.4. The lowest BCUT2D eigenvalue weighted by molar-refractivity contribution is -0.138. The predicted octanol–water partition coefficient (Wildman–Crippen LogP) is 7.15. The lowest BCUT2D eigenvalue weighted by Gasteiger charge is -2.45. The number of likely N-dealkylation sites (tertiary alicyclic amines) is 1. The number of fused-ring (bicyclic) bond motifs is 4. The number of nitrogens with zero attached hydrogens (tertiary/aromatic N) is 10. The smallest absolute Gasteiger partial charge is 0.319 e. The van der Waals surface area contributed by atoms with E-state index in [2.05, 4.69) is 66.5 Å². The van der Waals surface area contributed by atoms with Crippen molar-refractivity contribution in [1.29, 1.82) is 0 Å². The quantitative estimate of drug-likeness (QED) is 0.0941. The molecule has 0 spiro atoms. The SMILES string of the molecule is CCc1cccc2cc(O)cc(-c3ncc4c(N5CC6CCC(C5)N6)nc(OCC5CN(CC6CN(c7cc(CC(=O)N8CCCC8C(=O)NC(C)c8ccc(-c9scnc9C)cc8)on7)C6)CCN5C)nc4c3F)c12. The first-order valence-corrected chi connectivity index (χ1v) is 27.8. The molecular formula is C57H65FN12O5S. The van der Waals surface area contributed by atoms with Crippen LogP contribution in [0.2, 0.25) is 0 Å². The normalized spacial score (nSPS) is 21.7. The van der Waals surface area contributed by atoms with Crippen LogP contribution in [-0.2, 0) is 22.4 Å². The van der Waals surface area contributed by atoms with E-state index < -0.39 is 11.9 Å². The molecule has 0 saturated carbocycles. The van der Waals surface area contributed by atoms with Crippen LogP contribution >= 0.6 is 11.3 Å². The second-order valence-corrected chi connectivity index (χ2v) is 22.4. The molecule has 5 atom stereocenters. The van der Waals surface area contributed by atoms with Gasteiger partial charge in [-0.25, -0.2) is 9.37 Å². The van der Waals surface area contributed by atoms with E-state index in [1.54, 1.807) is 34.6 Å². The van der Waals surface area contributed by atoms with Crippen molar-refractivity contribution in [1.82, 2.24) is 50.4 Å². The number of pyridine rings is 1. The van der Waals surface area contributed by atoms with E-state index >= 15 is 4.39 Å². The third-order valence-corrected chi connectivity index (χ3v) is 17.4. The van der Waals surface area contributed by atoms with Crippen LogP contribution in [0.25, 0.3) is 43.4 Å². The number of ether oxygens (including phenoxy) is 1. The van der Waals surface area contributed by atoms with E-state index in [1.807, 2.05) is 55.8 Å². The number of anilines is 2. The van der Waals surface area contributed by atoms with Crippen molar-refractivity contribution in [2.45, 2.75) is 89.5 Å². The van der Waals surface area contributed by atoms with Crippen molar-refractivity contribution in [2.24, 2.45) is 5.92 Å². The van der Waals surface area contributed by atoms with E-state index in [0.717, 1.165) is 116 Å². The molecule has 7 aromatic rings. The van der Waals surface area contributed by atoms with Gasteiger partial charge in [0.1, 0.15) is 41.2 Å². The molecule has 17 nitrogen and oxygen atoms in total. The number of phenolic OH excluding ortho intramolecular Hbond substituents is 1. The number of aromatic hydroxyl groups is 1. The molecule has 5 saturated heterocycles. The van der Waals surface area contributed by atoms with Gasteiger partial charge in [-0.2, -0.15) is 9.97 Å². The summed E-state index contributed by atoms with van der Waals surface area (Å²) in [5.74, 6) is 1.42. The van der Waals surface area contributed by atoms with Crippen LogP contribution in [0.4, 0.5) is 16.0 Å². The molecule has 4 aromatic heterocycles. The standard InChI is InChI=1S/C57H65FN12O5S/c1-5-36-8-6-9-39-20-43(71)21-45(50(36)39)52-51(58)53-46(24-59-52)55(69-28-40-15-16-41(29-69)62-40)64-57(63-53)74-31-42-30-67(19-18-66(42)4)25-35-26-68(27-35)48-22-44(75-65-48)23-49(72)70-17-7-10-47(70)56(73)61-33(2)37-11-13-38(14-12-37)54-34(3)60-32-76-54/h6,8-9,11-14,20-22,24,32-33,35,40-42,47,62,71H,5,7,10,15-19,23,25-31H2,1-4H3,(H,61,73). The second kappa shape index (κ2) is 21.0. The van der Waals surface area contributed by atoms with Gasteiger partial charge in [0.05, 0.1) is 40.0 Å². The number of halogens is 1. The van der Waals surface area contributed by atoms with Crippen molar-refractivity contribution in [3.63, 3.8) is 0 Å². The van der Waals surface area contributed by atoms with Gasteiger partial charge in [0, 0.05) is 94.7 Å². The minimum Gasteiger partial charge on any atom is -0.508 e. The lowest BCUT2D eigenvalue weighted by Crippen LogP contribution is -2.58. The van der Waals surface area contributed by atoms with E-state index in [9.17, 15) is 14.7 Å². The molecule has 19 heteroatoms. The Morgan fingerprint density at radius 3 is 2.57 bits per heavy atom. The highest BCUT2D eigenvalue weighted by Crippen LogP contribution is 2.39. The Hall–Kier alpha value is -6.80. The number of aryl methyl sites for hydroxylation is 2. The van der Waals surface area contributed by atoms with E-state index in [1.165, 1.54) is 0 Å². The van der Waals surface area contributed by atoms with Gasteiger partial charge >= 0.3 is 6.01 Å². The Morgan fingerprint density at radius 2 is 1.79 bits per heavy atom. The topological polar surface area (TPSA) is 181 Å². The zero-order chi connectivity index (χ0) is 52.2. The van der Waals surface area contributed by atoms with Gasteiger partial charge < -0.3 is 39.7 Å². The van der Waals surface area contributed by atoms with Crippen molar-refractivity contribution in [2.75, 3.05) is 82.4 Å². The van der Waals surface area contributed by atoms with E-state index in [-0.39, 0.29) is 53.3 Å². The van der Waals surface area contributed by atoms with Crippen LogP contribution in [0.3, 0.4) is 0 Å². The van der Waals surface area contributed by atoms with Gasteiger partial charge in [0.15, 0.2) is 11.6 Å². The highest BCUT2D eigenvalue weighted by molar-refractivity contribution is 7.13. The largest absolute Gasteiger partial charge is 0.508 e. The predicted molar refractivity (Wildman–Crippen MR) is 291 cm³/mol. The first kappa shape index (κ1) is 50.0. The molecule has 76 heavy (non-hydrogen) atoms. The number of benzene rings is 3. The number of hydrogen-bond donors (Lipinski definition) is 3. The molecule has 3 N–H and O–H groups in total. The summed E-state index contributed by atoms with van der Waals surface area (Å²) in [5, 5.41) is 24.2. The van der Waals surface area contributed by atoms with Crippen molar-refractivity contribution < 1.29 is 28.3 Å². The number of rotatable bonds is 15. The van der Waals surface area contributed by atoms with Crippen LogP contribution in [0.15, 0.2) is 76.9 Å². The highest BCUT2D eigenvalue weighted by Gasteiger charge is 2.38. The summed E-state index contributed by atoms with van der Waals surface area (Å²) >= 11 is 1.61. The first-order chi connectivity index (χ1) is 36.9. The molecule has 3 aromatic carbocycles. The zero-order valence-corrected chi connectivity index (χ0v) is 44.4. The molecule has 5 unspecified atom stereocenters. The number of nitrogens with one attached hydrogen (secondary N) is 2. The maximum absolute atomic E-state index is 17.2. The van der Waals surface area contributed by atoms with E-state index in [4.69, 9.17) is 24.2 Å². The Kier molecular flexibility index (Phi) is 13.8. The van der Waals surface area contributed by atoms with Crippen molar-refractivity contribution >= 4 is 56.5 Å². The number of likely N-dealkylation sites (N-methyl/N-ethyl adjacent to an activating group) is 1. The van der Waals surface area contributed by atoms with E-state index in [0.29, 0.717) is 65.9 Å². The van der Waals surface area contributed by atoms with Crippen LogP contribution in [0.1, 0.15) is 68.2 Å². The number of hydrogen-bond acceptors (Lipinski definition) is 16. The second-order valence-electron chi connectivity index (χ2n) is 21.6. The molecule has 5 fully saturated rings. The molecule has 2 amide bonds. The monoisotopic (exact) mass is 1050 g/mol. The maximum atomic E-state index is 17.2. The molecule has 12 rings (SSSR count). The third kappa shape index (κ3) is 9.93. The van der Waals surface area contributed by atoms with Crippen LogP contribution < -0.4 is 25.2 Å². The fourth-order valence-corrected chi connectivity index (χ4v) is 13.1. The summed E-state index contributed by atoms with van der Waals surface area (Å²) in [6, 6.07) is 19.3. The summed E-state index contributed by atoms with van der Waals surface area (Å²) < 4.78 is 29.4. The van der Waals surface area contributed by atoms with Crippen molar-refractivity contribution in [3.05, 3.63) is 101 Å². The van der Waals surface area contributed by atoms with Crippen LogP contribution in [0, 0.1) is 18.7 Å². The van der Waals surface area contributed by atoms with Gasteiger partial charge in [-0.3, -0.25) is 24.4 Å². The highest BCUT2D eigenvalue weighted by atomic mass is 32.1. The number of carbonyl (C=O) groups is 2. The number of thiazole rings is 1. The van der Waals surface area contributed by atoms with Gasteiger partial charge in [-0.05, 0) is 92.6 Å². The fraction of sp³-hybridized carbons (Fsp3) is 0.456. The lowest BCUT2D eigenvalue weighted by atomic mass is 9.95. The summed E-state index contributed by atoms with van der Waals surface area (Å²) in [6.45, 7) is 13.5. The van der Waals surface area contributed by atoms with Crippen LogP contribution in [-0.4, -0.2) is 153 Å². The van der Waals surface area contributed by atoms with Gasteiger partial charge in [-0.15, -0.1) is 11.3 Å². The summed E-state index contributed by atoms with van der Waals surface area (Å²) in [6.07, 6.45) is 5.99. The molecule has 0 radical (unpaired) electrons. The Labute approximate surface area is 445 Å².